The molecule has 7 nitrogen and oxygen atoms in total. The Balaban J connectivity index is 1.94. The number of fused-ring (bicyclic) bond motifs is 2. The maximum absolute atomic E-state index is 11.8. The number of esters is 1. The molecule has 26 heavy (non-hydrogen) atoms. The van der Waals surface area contributed by atoms with Crippen molar-refractivity contribution in [2.45, 2.75) is 19.8 Å². The normalized spacial score (nSPS) is 11.5. The molecule has 0 unspecified atom stereocenters. The van der Waals surface area contributed by atoms with Crippen molar-refractivity contribution in [3.8, 4) is 11.3 Å². The first-order valence-corrected chi connectivity index (χ1v) is 8.33. The Hall–Kier alpha value is -3.35. The minimum absolute atomic E-state index is 0.279. The van der Waals surface area contributed by atoms with Crippen molar-refractivity contribution in [3.63, 3.8) is 0 Å². The van der Waals surface area contributed by atoms with Gasteiger partial charge < -0.3 is 15.5 Å². The van der Waals surface area contributed by atoms with Crippen LogP contribution in [0.2, 0.25) is 0 Å². The number of H-pyrrole nitrogens is 1. The van der Waals surface area contributed by atoms with Crippen LogP contribution in [0.25, 0.3) is 27.7 Å². The zero-order valence-corrected chi connectivity index (χ0v) is 14.8. The number of nitrogens with one attached hydrogen (secondary N) is 1. The number of nitrogen functional groups attached to an aromatic ring is 1. The van der Waals surface area contributed by atoms with Gasteiger partial charge in [-0.15, -0.1) is 0 Å². The van der Waals surface area contributed by atoms with E-state index in [9.17, 15) is 4.79 Å². The zero-order chi connectivity index (χ0) is 18.4. The smallest absolute Gasteiger partial charge is 0.337 e. The predicted octanol–water partition coefficient (Wildman–Crippen LogP) is 3.37. The highest BCUT2D eigenvalue weighted by molar-refractivity contribution is 5.97. The van der Waals surface area contributed by atoms with E-state index in [0.717, 1.165) is 33.4 Å². The molecule has 132 valence electrons. The highest BCUT2D eigenvalue weighted by atomic mass is 16.5. The molecule has 4 aromatic rings. The van der Waals surface area contributed by atoms with Crippen LogP contribution >= 0.6 is 0 Å². The molecule has 0 bridgehead atoms. The van der Waals surface area contributed by atoms with Crippen molar-refractivity contribution in [2.24, 2.45) is 0 Å². The molecule has 0 aliphatic rings. The van der Waals surface area contributed by atoms with Crippen LogP contribution in [0, 0.1) is 0 Å². The van der Waals surface area contributed by atoms with Gasteiger partial charge in [-0.3, -0.25) is 0 Å². The van der Waals surface area contributed by atoms with Crippen LogP contribution in [0.3, 0.4) is 0 Å². The molecule has 0 saturated carbocycles. The molecule has 0 saturated heterocycles. The van der Waals surface area contributed by atoms with Crippen molar-refractivity contribution in [3.05, 3.63) is 47.9 Å². The van der Waals surface area contributed by atoms with Crippen LogP contribution in [-0.4, -0.2) is 32.7 Å². The number of nitrogens with zero attached hydrogens (tertiary/aromatic N) is 3. The van der Waals surface area contributed by atoms with Crippen molar-refractivity contribution in [1.29, 1.82) is 0 Å². The van der Waals surface area contributed by atoms with Gasteiger partial charge in [-0.1, -0.05) is 19.9 Å². The van der Waals surface area contributed by atoms with E-state index >= 15 is 0 Å². The number of hydrogen-bond acceptors (Lipinski definition) is 5. The van der Waals surface area contributed by atoms with E-state index in [0.29, 0.717) is 11.4 Å². The molecule has 3 aromatic heterocycles. The fourth-order valence-electron chi connectivity index (χ4n) is 3.23. The highest BCUT2D eigenvalue weighted by Gasteiger charge is 2.18. The Morgan fingerprint density at radius 2 is 2.08 bits per heavy atom. The molecule has 1 aromatic carbocycles. The fraction of sp³-hybridized carbons (Fsp3) is 0.211. The first-order valence-electron chi connectivity index (χ1n) is 8.33. The van der Waals surface area contributed by atoms with Gasteiger partial charge in [0, 0.05) is 27.9 Å². The van der Waals surface area contributed by atoms with Crippen molar-refractivity contribution in [1.82, 2.24) is 19.6 Å². The van der Waals surface area contributed by atoms with Gasteiger partial charge in [0.25, 0.3) is 0 Å². The Morgan fingerprint density at radius 1 is 1.27 bits per heavy atom. The molecule has 0 radical (unpaired) electrons. The Bertz CT molecular complexity index is 1140. The fourth-order valence-corrected chi connectivity index (χ4v) is 3.23. The number of aromatic nitrogens is 4. The van der Waals surface area contributed by atoms with E-state index in [-0.39, 0.29) is 11.9 Å². The lowest BCUT2D eigenvalue weighted by Crippen LogP contribution is -2.03. The molecule has 4 rings (SSSR count). The van der Waals surface area contributed by atoms with Gasteiger partial charge in [-0.25, -0.2) is 14.3 Å². The maximum Gasteiger partial charge on any atom is 0.337 e. The summed E-state index contributed by atoms with van der Waals surface area (Å²) in [4.78, 5) is 19.3. The largest absolute Gasteiger partial charge is 0.465 e. The van der Waals surface area contributed by atoms with E-state index in [1.54, 1.807) is 12.1 Å². The number of benzene rings is 1. The predicted molar refractivity (Wildman–Crippen MR) is 100 cm³/mol. The van der Waals surface area contributed by atoms with E-state index < -0.39 is 0 Å². The molecule has 0 spiro atoms. The summed E-state index contributed by atoms with van der Waals surface area (Å²) in [6.45, 7) is 4.22. The summed E-state index contributed by atoms with van der Waals surface area (Å²) >= 11 is 0. The average molecular weight is 349 g/mol. The monoisotopic (exact) mass is 349 g/mol. The number of carbonyl (C=O) groups is 1. The number of nitrogens with two attached hydrogens (primary N) is 1. The van der Waals surface area contributed by atoms with Crippen molar-refractivity contribution in [2.75, 3.05) is 12.8 Å². The molecule has 0 fully saturated rings. The van der Waals surface area contributed by atoms with Crippen molar-refractivity contribution < 1.29 is 9.53 Å². The minimum Gasteiger partial charge on any atom is -0.465 e. The number of ether oxygens (including phenoxy) is 1. The summed E-state index contributed by atoms with van der Waals surface area (Å²) < 4.78 is 6.63. The maximum atomic E-state index is 11.8. The number of aromatic amines is 1. The summed E-state index contributed by atoms with van der Waals surface area (Å²) in [5.74, 6) is 0.341. The zero-order valence-electron chi connectivity index (χ0n) is 14.8. The summed E-state index contributed by atoms with van der Waals surface area (Å²) in [7, 11) is 1.37. The second kappa shape index (κ2) is 5.87. The third kappa shape index (κ3) is 2.40. The van der Waals surface area contributed by atoms with Crippen LogP contribution in [0.5, 0.6) is 0 Å². The lowest BCUT2D eigenvalue weighted by molar-refractivity contribution is 0.0601. The topological polar surface area (TPSA) is 98.3 Å². The number of carbonyl (C=O) groups excluding carboxylic acids is 1. The summed E-state index contributed by atoms with van der Waals surface area (Å²) in [6, 6.07) is 9.54. The second-order valence-electron chi connectivity index (χ2n) is 6.52. The summed E-state index contributed by atoms with van der Waals surface area (Å²) in [5, 5.41) is 5.36. The third-order valence-electron chi connectivity index (χ3n) is 4.54. The lowest BCUT2D eigenvalue weighted by atomic mass is 10.1. The van der Waals surface area contributed by atoms with E-state index in [4.69, 9.17) is 10.5 Å². The minimum atomic E-state index is -0.364. The number of hydrogen-bond donors (Lipinski definition) is 2. The van der Waals surface area contributed by atoms with E-state index in [1.807, 2.05) is 16.6 Å². The second-order valence-corrected chi connectivity index (χ2v) is 6.52. The SMILES string of the molecule is COC(=O)c1ccc2cc(-c3cc(C(C)C)n4ncnc(N)c34)[nH]c2c1. The third-order valence-corrected chi connectivity index (χ3v) is 4.54. The average Bonchev–Trinajstić information content (AvgIpc) is 3.22. The van der Waals surface area contributed by atoms with E-state index in [2.05, 4.69) is 35.0 Å². The number of methoxy groups -OCH3 is 1. The first-order chi connectivity index (χ1) is 12.5. The van der Waals surface area contributed by atoms with Crippen molar-refractivity contribution >= 4 is 28.2 Å². The van der Waals surface area contributed by atoms with Gasteiger partial charge in [0.15, 0.2) is 5.82 Å². The molecule has 0 atom stereocenters. The molecule has 0 amide bonds. The molecular weight excluding hydrogens is 330 g/mol. The number of anilines is 1. The van der Waals surface area contributed by atoms with Gasteiger partial charge >= 0.3 is 5.97 Å². The van der Waals surface area contributed by atoms with Crippen LogP contribution in [-0.2, 0) is 4.74 Å². The molecule has 0 aliphatic carbocycles. The molecule has 3 N–H and O–H groups in total. The quantitative estimate of drug-likeness (QED) is 0.553. The summed E-state index contributed by atoms with van der Waals surface area (Å²) in [6.07, 6.45) is 1.46. The van der Waals surface area contributed by atoms with Crippen LogP contribution in [0.1, 0.15) is 35.8 Å². The van der Waals surface area contributed by atoms with Gasteiger partial charge in [0.2, 0.25) is 0 Å². The van der Waals surface area contributed by atoms with Gasteiger partial charge in [0.1, 0.15) is 11.8 Å². The lowest BCUT2D eigenvalue weighted by Gasteiger charge is -2.04. The van der Waals surface area contributed by atoms with Gasteiger partial charge in [0.05, 0.1) is 12.7 Å². The standard InChI is InChI=1S/C19H19N5O2/c1-10(2)16-8-13(17-18(20)21-9-22-24(16)17)15-6-11-4-5-12(19(25)26-3)7-14(11)23-15/h4-10,23H,1-3H3,(H2,20,21,22). The molecular formula is C19H19N5O2. The number of rotatable bonds is 3. The van der Waals surface area contributed by atoms with Gasteiger partial charge in [-0.2, -0.15) is 5.10 Å². The van der Waals surface area contributed by atoms with E-state index in [1.165, 1.54) is 13.4 Å². The van der Waals surface area contributed by atoms with Crippen LogP contribution in [0.15, 0.2) is 36.7 Å². The Morgan fingerprint density at radius 3 is 2.81 bits per heavy atom. The Kier molecular flexibility index (Phi) is 3.64. The van der Waals surface area contributed by atoms with Crippen LogP contribution < -0.4 is 5.73 Å². The Labute approximate surface area is 149 Å². The van der Waals surface area contributed by atoms with Gasteiger partial charge in [-0.05, 0) is 30.2 Å². The first kappa shape index (κ1) is 16.1. The molecule has 3 heterocycles. The van der Waals surface area contributed by atoms with Crippen LogP contribution in [0.4, 0.5) is 5.82 Å². The molecule has 0 aliphatic heterocycles. The molecule has 7 heteroatoms. The highest BCUT2D eigenvalue weighted by Crippen LogP contribution is 2.34. The summed E-state index contributed by atoms with van der Waals surface area (Å²) in [5.41, 5.74) is 11.1.